The van der Waals surface area contributed by atoms with Gasteiger partial charge in [-0.2, -0.15) is 0 Å². The van der Waals surface area contributed by atoms with Crippen LogP contribution in [0.25, 0.3) is 284 Å². The van der Waals surface area contributed by atoms with Gasteiger partial charge < -0.3 is 22.8 Å². The summed E-state index contributed by atoms with van der Waals surface area (Å²) in [7, 11) is 0. The minimum atomic E-state index is 0.604. The van der Waals surface area contributed by atoms with E-state index in [-0.39, 0.29) is 0 Å². The van der Waals surface area contributed by atoms with Crippen LogP contribution in [0.4, 0.5) is 0 Å². The van der Waals surface area contributed by atoms with Gasteiger partial charge in [0.25, 0.3) is 0 Å². The van der Waals surface area contributed by atoms with E-state index in [2.05, 4.69) is 460 Å². The summed E-state index contributed by atoms with van der Waals surface area (Å²) in [6.45, 7) is 0. The number of hydrogen-bond acceptors (Lipinski definition) is 8. The maximum atomic E-state index is 5.73. The molecule has 9 aromatic heterocycles. The molecule has 0 amide bonds. The topological polar surface area (TPSA) is 128 Å². The van der Waals surface area contributed by atoms with E-state index in [4.69, 9.17) is 39.9 Å². The lowest BCUT2D eigenvalue weighted by atomic mass is 9.98. The number of nitrogens with zero attached hydrogens (tertiary/aromatic N) is 13. The molecule has 0 saturated carbocycles. The summed E-state index contributed by atoms with van der Waals surface area (Å²) < 4.78 is 12.3. The van der Waals surface area contributed by atoms with E-state index in [1.165, 1.54) is 10.8 Å². The molecule has 29 rings (SSSR count). The zero-order chi connectivity index (χ0) is 98.1. The molecule has 13 heteroatoms. The SMILES string of the molecule is c1ccc(-c2cc(-c3ccc(-n4c5ccccc5c5cc(-n6c7ccccc7c7cc(-c8cccc9c8c8ccccc8n9-c8ccc9c%10ccc(-n%11c%12ccccc%12c%12ccccc%12%11)cc%10n(-c%10ccc(-c%11cc(-c%12ccccc%12)nc(-c%12ccccc%12)n%11)cc%10-c%10cc(-c%11ccccc%11)nc(-c%11ccccc%11)n%10)c9c8)ccc76)ccc54)c(-c4cc(-c5ccccc5)nc(-c5ccccc5)n4)c3)nc(-c3ccccc3)n2)cc1. The molecule has 29 aromatic rings. The summed E-state index contributed by atoms with van der Waals surface area (Å²) in [6.07, 6.45) is 0. The van der Waals surface area contributed by atoms with E-state index in [9.17, 15) is 0 Å². The Labute approximate surface area is 856 Å². The Morgan fingerprint density at radius 1 is 0.121 bits per heavy atom. The molecule has 0 aliphatic heterocycles. The van der Waals surface area contributed by atoms with Gasteiger partial charge in [-0.1, -0.05) is 376 Å². The largest absolute Gasteiger partial charge is 0.309 e. The van der Waals surface area contributed by atoms with E-state index in [0.29, 0.717) is 23.3 Å². The number of aromatic nitrogens is 13. The Bertz CT molecular complexity index is 10100. The predicted octanol–water partition coefficient (Wildman–Crippen LogP) is 34.0. The van der Waals surface area contributed by atoms with E-state index < -0.39 is 0 Å². The first kappa shape index (κ1) is 85.5. The van der Waals surface area contributed by atoms with E-state index >= 15 is 0 Å². The second kappa shape index (κ2) is 35.4. The van der Waals surface area contributed by atoms with Crippen LogP contribution in [0.2, 0.25) is 0 Å². The van der Waals surface area contributed by atoms with Gasteiger partial charge in [-0.25, -0.2) is 39.9 Å². The van der Waals surface area contributed by atoms with Crippen LogP contribution in [0.1, 0.15) is 0 Å². The summed E-state index contributed by atoms with van der Waals surface area (Å²) >= 11 is 0. The molecule has 0 atom stereocenters. The molecule has 20 aromatic carbocycles. The predicted molar refractivity (Wildman–Crippen MR) is 611 cm³/mol. The van der Waals surface area contributed by atoms with Gasteiger partial charge in [-0.05, 0) is 151 Å². The molecule has 694 valence electrons. The van der Waals surface area contributed by atoms with Gasteiger partial charge in [0.15, 0.2) is 23.3 Å². The lowest BCUT2D eigenvalue weighted by molar-refractivity contribution is 1.13. The van der Waals surface area contributed by atoms with Gasteiger partial charge in [0.2, 0.25) is 0 Å². The van der Waals surface area contributed by atoms with Crippen LogP contribution in [-0.4, -0.2) is 62.7 Å². The summed E-state index contributed by atoms with van der Waals surface area (Å²) in [6, 6.07) is 184. The van der Waals surface area contributed by atoms with Gasteiger partial charge >= 0.3 is 0 Å². The molecule has 149 heavy (non-hydrogen) atoms. The zero-order valence-corrected chi connectivity index (χ0v) is 80.4. The van der Waals surface area contributed by atoms with Crippen molar-refractivity contribution < 1.29 is 0 Å². The number of benzene rings is 20. The van der Waals surface area contributed by atoms with Crippen molar-refractivity contribution in [3.63, 3.8) is 0 Å². The van der Waals surface area contributed by atoms with Gasteiger partial charge in [-0.3, -0.25) is 0 Å². The minimum Gasteiger partial charge on any atom is -0.309 e. The average Bonchev–Trinajstić information content (AvgIpc) is 1.56. The van der Waals surface area contributed by atoms with Crippen LogP contribution in [-0.2, 0) is 0 Å². The maximum Gasteiger partial charge on any atom is 0.160 e. The van der Waals surface area contributed by atoms with E-state index in [1.807, 2.05) is 78.9 Å². The fourth-order valence-electron chi connectivity index (χ4n) is 22.5. The molecule has 0 aliphatic rings. The lowest BCUT2D eigenvalue weighted by Gasteiger charge is -2.18. The first-order valence-corrected chi connectivity index (χ1v) is 50.3. The van der Waals surface area contributed by atoms with Gasteiger partial charge in [0, 0.05) is 138 Å². The number of fused-ring (bicyclic) bond motifs is 15. The molecule has 0 radical (unpaired) electrons. The highest BCUT2D eigenvalue weighted by atomic mass is 15.1. The van der Waals surface area contributed by atoms with Crippen molar-refractivity contribution in [3.05, 3.63) is 516 Å². The molecule has 9 heterocycles. The summed E-state index contributed by atoms with van der Waals surface area (Å²) in [4.78, 5) is 43.5. The lowest BCUT2D eigenvalue weighted by Crippen LogP contribution is -2.03. The third-order valence-corrected chi connectivity index (χ3v) is 29.4. The Morgan fingerprint density at radius 3 is 0.772 bits per heavy atom. The molecule has 0 bridgehead atoms. The number of rotatable bonds is 18. The van der Waals surface area contributed by atoms with Crippen LogP contribution >= 0.6 is 0 Å². The van der Waals surface area contributed by atoms with Gasteiger partial charge in [0.1, 0.15) is 0 Å². The third kappa shape index (κ3) is 14.7. The van der Waals surface area contributed by atoms with Crippen LogP contribution in [0.15, 0.2) is 516 Å². The summed E-state index contributed by atoms with van der Waals surface area (Å²) in [5.41, 5.74) is 35.3. The summed E-state index contributed by atoms with van der Waals surface area (Å²) in [5.74, 6) is 2.48. The van der Waals surface area contributed by atoms with Crippen molar-refractivity contribution in [3.8, 4) is 175 Å². The van der Waals surface area contributed by atoms with E-state index in [1.54, 1.807) is 0 Å². The molecule has 0 N–H and O–H groups in total. The van der Waals surface area contributed by atoms with Crippen molar-refractivity contribution in [2.75, 3.05) is 0 Å². The van der Waals surface area contributed by atoms with Crippen molar-refractivity contribution in [1.29, 1.82) is 0 Å². The number of para-hydroxylation sites is 5. The first-order valence-electron chi connectivity index (χ1n) is 50.3. The molecular weight excluding hydrogens is 1820 g/mol. The van der Waals surface area contributed by atoms with Crippen molar-refractivity contribution in [2.24, 2.45) is 0 Å². The average molecular weight is 1900 g/mol. The first-order chi connectivity index (χ1) is 73.9. The Balaban J connectivity index is 0.604. The highest BCUT2D eigenvalue weighted by Crippen LogP contribution is 2.49. The molecule has 0 unspecified atom stereocenters. The summed E-state index contributed by atoms with van der Waals surface area (Å²) in [5, 5.41) is 11.3. The van der Waals surface area contributed by atoms with Crippen molar-refractivity contribution in [1.82, 2.24) is 62.7 Å². The molecular formula is C136H85N13. The molecule has 0 spiro atoms. The second-order valence-corrected chi connectivity index (χ2v) is 38.0. The van der Waals surface area contributed by atoms with E-state index in [0.717, 1.165) is 250 Å². The third-order valence-electron chi connectivity index (χ3n) is 29.4. The molecule has 0 fully saturated rings. The van der Waals surface area contributed by atoms with Crippen molar-refractivity contribution >= 4 is 109 Å². The standard InChI is InChI=1S/C136H85N13/c1-9-36-86(37-10-1)112-82-116(141-133(137-112)90-44-17-5-18-45-90)95-65-73-127(110(77-95)118-84-114(88-40-13-3-14-41-88)139-135(143-118)92-48-21-7-22-49-92)148-123-61-33-28-55-104(123)109-79-97(69-75-126(109)148)145-122-60-32-27-54-103(122)108-76-94(64-72-125(108)145)100-57-35-63-129-132(100)107-56-29-34-62-124(107)147(129)99-68-71-106-105-70-67-98(146-120-58-30-25-52-101(120)102-53-26-31-59-121(102)146)80-130(105)149(131(106)81-99)128-74-66-96(117-83-113(87-38-11-2-12-39-87)138-134(142-117)91-46-19-6-20-47-91)78-111(128)119-85-115(89-42-15-4-16-43-89)140-136(144-119)93-50-23-8-24-51-93/h1-85H. The molecule has 0 saturated heterocycles. The minimum absolute atomic E-state index is 0.604. The quantitative estimate of drug-likeness (QED) is 0.0831. The number of hydrogen-bond donors (Lipinski definition) is 0. The van der Waals surface area contributed by atoms with Crippen LogP contribution in [0.5, 0.6) is 0 Å². The Kier molecular flexibility index (Phi) is 20.3. The normalized spacial score (nSPS) is 11.8. The maximum absolute atomic E-state index is 5.73. The Morgan fingerprint density at radius 2 is 0.376 bits per heavy atom. The monoisotopic (exact) mass is 1900 g/mol. The van der Waals surface area contributed by atoms with Gasteiger partial charge in [-0.15, -0.1) is 0 Å². The Hall–Kier alpha value is -20.3. The highest BCUT2D eigenvalue weighted by molar-refractivity contribution is 6.20. The van der Waals surface area contributed by atoms with Crippen molar-refractivity contribution in [2.45, 2.75) is 0 Å². The zero-order valence-electron chi connectivity index (χ0n) is 80.4. The second-order valence-electron chi connectivity index (χ2n) is 38.0. The van der Waals surface area contributed by atoms with Gasteiger partial charge in [0.05, 0.1) is 112 Å². The molecule has 13 nitrogen and oxygen atoms in total. The molecule has 0 aliphatic carbocycles. The van der Waals surface area contributed by atoms with Crippen LogP contribution in [0, 0.1) is 0 Å². The van der Waals surface area contributed by atoms with Crippen LogP contribution in [0.3, 0.4) is 0 Å². The fourth-order valence-corrected chi connectivity index (χ4v) is 22.5. The highest BCUT2D eigenvalue weighted by Gasteiger charge is 2.29. The fraction of sp³-hybridized carbons (Fsp3) is 0. The van der Waals surface area contributed by atoms with Crippen LogP contribution < -0.4 is 0 Å². The smallest absolute Gasteiger partial charge is 0.160 e.